The summed E-state index contributed by atoms with van der Waals surface area (Å²) in [6.45, 7) is 3.05. The van der Waals surface area contributed by atoms with E-state index in [0.717, 1.165) is 19.4 Å². The highest BCUT2D eigenvalue weighted by Crippen LogP contribution is 2.18. The van der Waals surface area contributed by atoms with Crippen LogP contribution in [0.4, 0.5) is 0 Å². The number of methoxy groups -OCH3 is 1. The molecule has 4 nitrogen and oxygen atoms in total. The van der Waals surface area contributed by atoms with Crippen LogP contribution in [0.15, 0.2) is 18.5 Å². The number of aryl methyl sites for hydroxylation is 1. The molecule has 0 aliphatic heterocycles. The minimum absolute atomic E-state index is 0.138. The van der Waals surface area contributed by atoms with Gasteiger partial charge in [0.2, 0.25) is 0 Å². The van der Waals surface area contributed by atoms with Crippen LogP contribution in [0.3, 0.4) is 0 Å². The first-order chi connectivity index (χ1) is 8.71. The molecule has 0 aromatic carbocycles. The standard InChI is InChI=1S/C14H24N2O2/c1-4-6-13(15-2)12-8-10-16(11-12)9-5-7-14(17)18-3/h8,10-11,13,15H,4-7,9H2,1-3H3. The summed E-state index contributed by atoms with van der Waals surface area (Å²) in [6, 6.07) is 2.58. The number of rotatable bonds is 8. The third-order valence-electron chi connectivity index (χ3n) is 3.13. The summed E-state index contributed by atoms with van der Waals surface area (Å²) >= 11 is 0. The lowest BCUT2D eigenvalue weighted by Gasteiger charge is -2.13. The van der Waals surface area contributed by atoms with Gasteiger partial charge in [-0.1, -0.05) is 13.3 Å². The fraction of sp³-hybridized carbons (Fsp3) is 0.643. The van der Waals surface area contributed by atoms with Crippen LogP contribution in [-0.4, -0.2) is 24.7 Å². The molecule has 0 amide bonds. The number of esters is 1. The number of hydrogen-bond donors (Lipinski definition) is 1. The smallest absolute Gasteiger partial charge is 0.305 e. The van der Waals surface area contributed by atoms with E-state index < -0.39 is 0 Å². The number of aromatic nitrogens is 1. The molecule has 0 aliphatic carbocycles. The summed E-state index contributed by atoms with van der Waals surface area (Å²) < 4.78 is 6.76. The molecule has 1 aromatic heterocycles. The predicted molar refractivity (Wildman–Crippen MR) is 72.4 cm³/mol. The molecule has 0 radical (unpaired) electrons. The van der Waals surface area contributed by atoms with Gasteiger partial charge < -0.3 is 14.6 Å². The minimum Gasteiger partial charge on any atom is -0.469 e. The summed E-state index contributed by atoms with van der Waals surface area (Å²) in [6.07, 6.45) is 7.84. The van der Waals surface area contributed by atoms with Gasteiger partial charge in [-0.25, -0.2) is 0 Å². The Balaban J connectivity index is 2.44. The van der Waals surface area contributed by atoms with Crippen molar-refractivity contribution in [3.63, 3.8) is 0 Å². The minimum atomic E-state index is -0.138. The van der Waals surface area contributed by atoms with Crippen molar-refractivity contribution < 1.29 is 9.53 Å². The average Bonchev–Trinajstić information content (AvgIpc) is 2.84. The molecule has 1 N–H and O–H groups in total. The number of hydrogen-bond acceptors (Lipinski definition) is 3. The van der Waals surface area contributed by atoms with Crippen LogP contribution in [0.5, 0.6) is 0 Å². The van der Waals surface area contributed by atoms with Crippen molar-refractivity contribution in [2.75, 3.05) is 14.2 Å². The maximum atomic E-state index is 11.0. The van der Waals surface area contributed by atoms with E-state index in [9.17, 15) is 4.79 Å². The molecule has 4 heteroatoms. The number of carbonyl (C=O) groups is 1. The van der Waals surface area contributed by atoms with E-state index in [0.29, 0.717) is 12.5 Å². The van der Waals surface area contributed by atoms with Gasteiger partial charge >= 0.3 is 5.97 Å². The Bertz CT molecular complexity index is 360. The average molecular weight is 252 g/mol. The van der Waals surface area contributed by atoms with Crippen LogP contribution >= 0.6 is 0 Å². The van der Waals surface area contributed by atoms with Crippen LogP contribution in [-0.2, 0) is 16.1 Å². The van der Waals surface area contributed by atoms with Crippen LogP contribution in [0.1, 0.15) is 44.2 Å². The number of nitrogens with zero attached hydrogens (tertiary/aromatic N) is 1. The van der Waals surface area contributed by atoms with Crippen LogP contribution in [0, 0.1) is 0 Å². The molecular formula is C14H24N2O2. The zero-order valence-corrected chi connectivity index (χ0v) is 11.6. The third kappa shape index (κ3) is 4.53. The van der Waals surface area contributed by atoms with Crippen molar-refractivity contribution in [1.29, 1.82) is 0 Å². The predicted octanol–water partition coefficient (Wildman–Crippen LogP) is 2.50. The second kappa shape index (κ2) is 7.93. The van der Waals surface area contributed by atoms with Gasteiger partial charge in [-0.2, -0.15) is 0 Å². The second-order valence-corrected chi connectivity index (χ2v) is 4.49. The summed E-state index contributed by atoms with van der Waals surface area (Å²) in [5.74, 6) is -0.138. The first kappa shape index (κ1) is 14.8. The van der Waals surface area contributed by atoms with E-state index in [-0.39, 0.29) is 5.97 Å². The molecule has 1 aromatic rings. The molecule has 0 fully saturated rings. The summed E-state index contributed by atoms with van der Waals surface area (Å²) in [5, 5.41) is 3.33. The monoisotopic (exact) mass is 252 g/mol. The number of carbonyl (C=O) groups excluding carboxylic acids is 1. The van der Waals surface area contributed by atoms with Crippen LogP contribution in [0.2, 0.25) is 0 Å². The van der Waals surface area contributed by atoms with E-state index in [1.54, 1.807) is 0 Å². The van der Waals surface area contributed by atoms with Crippen molar-refractivity contribution in [3.05, 3.63) is 24.0 Å². The Morgan fingerprint density at radius 1 is 1.56 bits per heavy atom. The molecule has 1 unspecified atom stereocenters. The van der Waals surface area contributed by atoms with Crippen LogP contribution < -0.4 is 5.32 Å². The van der Waals surface area contributed by atoms with Gasteiger partial charge in [0, 0.05) is 31.4 Å². The Morgan fingerprint density at radius 2 is 2.33 bits per heavy atom. The van der Waals surface area contributed by atoms with Gasteiger partial charge in [0.05, 0.1) is 7.11 Å². The lowest BCUT2D eigenvalue weighted by Crippen LogP contribution is -2.15. The highest BCUT2D eigenvalue weighted by molar-refractivity contribution is 5.68. The molecule has 0 aliphatic rings. The summed E-state index contributed by atoms with van der Waals surface area (Å²) in [5.41, 5.74) is 1.32. The van der Waals surface area contributed by atoms with Gasteiger partial charge in [0.15, 0.2) is 0 Å². The zero-order chi connectivity index (χ0) is 13.4. The van der Waals surface area contributed by atoms with Crippen LogP contribution in [0.25, 0.3) is 0 Å². The number of nitrogens with one attached hydrogen (secondary N) is 1. The Hall–Kier alpha value is -1.29. The van der Waals surface area contributed by atoms with Gasteiger partial charge in [-0.15, -0.1) is 0 Å². The highest BCUT2D eigenvalue weighted by atomic mass is 16.5. The molecule has 0 bridgehead atoms. The fourth-order valence-corrected chi connectivity index (χ4v) is 2.08. The molecule has 0 spiro atoms. The lowest BCUT2D eigenvalue weighted by atomic mass is 10.1. The van der Waals surface area contributed by atoms with Gasteiger partial charge in [0.1, 0.15) is 0 Å². The van der Waals surface area contributed by atoms with E-state index >= 15 is 0 Å². The normalized spacial score (nSPS) is 12.4. The van der Waals surface area contributed by atoms with E-state index in [1.807, 2.05) is 7.05 Å². The molecule has 102 valence electrons. The number of ether oxygens (including phenoxy) is 1. The second-order valence-electron chi connectivity index (χ2n) is 4.49. The van der Waals surface area contributed by atoms with E-state index in [2.05, 4.69) is 40.0 Å². The quantitative estimate of drug-likeness (QED) is 0.723. The van der Waals surface area contributed by atoms with Gasteiger partial charge in [-0.05, 0) is 31.5 Å². The van der Waals surface area contributed by atoms with Crippen molar-refractivity contribution in [2.45, 2.75) is 45.2 Å². The zero-order valence-electron chi connectivity index (χ0n) is 11.6. The SMILES string of the molecule is CCCC(NC)c1ccn(CCCC(=O)OC)c1. The molecule has 1 heterocycles. The largest absolute Gasteiger partial charge is 0.469 e. The molecule has 1 rings (SSSR count). The maximum Gasteiger partial charge on any atom is 0.305 e. The van der Waals surface area contributed by atoms with Gasteiger partial charge in [-0.3, -0.25) is 4.79 Å². The Morgan fingerprint density at radius 3 is 2.94 bits per heavy atom. The van der Waals surface area contributed by atoms with Gasteiger partial charge in [0.25, 0.3) is 0 Å². The molecule has 0 saturated carbocycles. The maximum absolute atomic E-state index is 11.0. The van der Waals surface area contributed by atoms with E-state index in [1.165, 1.54) is 19.1 Å². The third-order valence-corrected chi connectivity index (χ3v) is 3.13. The first-order valence-corrected chi connectivity index (χ1v) is 6.61. The fourth-order valence-electron chi connectivity index (χ4n) is 2.08. The highest BCUT2D eigenvalue weighted by Gasteiger charge is 2.09. The van der Waals surface area contributed by atoms with Crippen molar-refractivity contribution in [2.24, 2.45) is 0 Å². The van der Waals surface area contributed by atoms with E-state index in [4.69, 9.17) is 0 Å². The van der Waals surface area contributed by atoms with Crippen molar-refractivity contribution in [3.8, 4) is 0 Å². The first-order valence-electron chi connectivity index (χ1n) is 6.61. The van der Waals surface area contributed by atoms with Crippen molar-refractivity contribution >= 4 is 5.97 Å². The topological polar surface area (TPSA) is 43.3 Å². The lowest BCUT2D eigenvalue weighted by molar-refractivity contribution is -0.140. The molecule has 1 atom stereocenters. The Labute approximate surface area is 109 Å². The molecule has 18 heavy (non-hydrogen) atoms. The molecular weight excluding hydrogens is 228 g/mol. The Kier molecular flexibility index (Phi) is 6.50. The van der Waals surface area contributed by atoms with Crippen molar-refractivity contribution in [1.82, 2.24) is 9.88 Å². The summed E-state index contributed by atoms with van der Waals surface area (Å²) in [4.78, 5) is 11.0. The summed E-state index contributed by atoms with van der Waals surface area (Å²) in [7, 11) is 3.42. The molecule has 0 saturated heterocycles.